The maximum absolute atomic E-state index is 13.7. The molecule has 9 nitrogen and oxygen atoms in total. The number of aryl methyl sites for hydroxylation is 1. The number of nitrogens with zero attached hydrogens (tertiary/aromatic N) is 4. The molecular weight excluding hydrogens is 456 g/mol. The van der Waals surface area contributed by atoms with E-state index in [9.17, 15) is 9.59 Å². The first-order valence-electron chi connectivity index (χ1n) is 12.9. The number of anilines is 1. The number of ether oxygens (including phenoxy) is 1. The second kappa shape index (κ2) is 9.55. The Kier molecular flexibility index (Phi) is 6.10. The van der Waals surface area contributed by atoms with Crippen molar-refractivity contribution >= 4 is 39.4 Å². The number of aromatic nitrogens is 3. The highest BCUT2D eigenvalue weighted by atomic mass is 16.5. The number of fused-ring (bicyclic) bond motifs is 5. The minimum absolute atomic E-state index is 0.157. The van der Waals surface area contributed by atoms with Crippen LogP contribution >= 0.6 is 0 Å². The van der Waals surface area contributed by atoms with Crippen LogP contribution in [-0.2, 0) is 11.8 Å². The van der Waals surface area contributed by atoms with Crippen LogP contribution in [-0.4, -0.2) is 70.2 Å². The van der Waals surface area contributed by atoms with Crippen LogP contribution in [0.3, 0.4) is 0 Å². The second-order valence-electron chi connectivity index (χ2n) is 9.80. The van der Waals surface area contributed by atoms with E-state index in [-0.39, 0.29) is 23.0 Å². The Bertz CT molecular complexity index is 1490. The zero-order valence-electron chi connectivity index (χ0n) is 20.6. The van der Waals surface area contributed by atoms with Gasteiger partial charge in [-0.2, -0.15) is 0 Å². The molecule has 0 radical (unpaired) electrons. The summed E-state index contributed by atoms with van der Waals surface area (Å²) in [4.78, 5) is 34.4. The molecule has 3 aromatic heterocycles. The Morgan fingerprint density at radius 1 is 1.11 bits per heavy atom. The van der Waals surface area contributed by atoms with Crippen LogP contribution in [0.5, 0.6) is 0 Å². The zero-order valence-corrected chi connectivity index (χ0v) is 20.6. The van der Waals surface area contributed by atoms with Gasteiger partial charge < -0.3 is 24.8 Å². The normalized spacial score (nSPS) is 18.5. The SMILES string of the molecule is Cn1c2ccccc2n2c3nc(NCC4CCCO4)ccc3c(=O)c(C(=O)NCCN3CCCC3)c12. The van der Waals surface area contributed by atoms with Gasteiger partial charge in [-0.15, -0.1) is 0 Å². The molecule has 0 spiro atoms. The lowest BCUT2D eigenvalue weighted by molar-refractivity contribution is 0.0950. The first-order chi connectivity index (χ1) is 17.6. The standard InChI is InChI=1S/C27H32N6O3/c1-31-20-8-2-3-9-21(20)33-25-19(10-11-22(30-25)29-17-18-7-6-16-36-18)24(34)23(27(31)33)26(35)28-12-15-32-13-4-5-14-32/h2-3,8-11,18H,4-7,12-17H2,1H3,(H,28,35)(H,29,30). The first kappa shape index (κ1) is 23.0. The number of hydrogen-bond donors (Lipinski definition) is 2. The van der Waals surface area contributed by atoms with Gasteiger partial charge in [0.1, 0.15) is 17.0 Å². The predicted octanol–water partition coefficient (Wildman–Crippen LogP) is 2.76. The van der Waals surface area contributed by atoms with Crippen LogP contribution in [0.2, 0.25) is 0 Å². The number of carbonyl (C=O) groups is 1. The van der Waals surface area contributed by atoms with Crippen molar-refractivity contribution in [2.75, 3.05) is 44.6 Å². The molecule has 0 saturated carbocycles. The average molecular weight is 489 g/mol. The number of benzene rings is 1. The lowest BCUT2D eigenvalue weighted by atomic mass is 10.1. The highest BCUT2D eigenvalue weighted by Crippen LogP contribution is 2.26. The number of pyridine rings is 2. The fourth-order valence-electron chi connectivity index (χ4n) is 5.59. The van der Waals surface area contributed by atoms with Crippen molar-refractivity contribution < 1.29 is 9.53 Å². The molecule has 1 amide bonds. The van der Waals surface area contributed by atoms with Gasteiger partial charge in [0.15, 0.2) is 5.65 Å². The number of imidazole rings is 1. The van der Waals surface area contributed by atoms with Gasteiger partial charge in [0.25, 0.3) is 5.91 Å². The molecule has 2 aliphatic heterocycles. The molecule has 2 fully saturated rings. The van der Waals surface area contributed by atoms with E-state index in [1.54, 1.807) is 6.07 Å². The van der Waals surface area contributed by atoms with Crippen LogP contribution in [0.1, 0.15) is 36.0 Å². The number of para-hydroxylation sites is 2. The van der Waals surface area contributed by atoms with Crippen LogP contribution in [0.15, 0.2) is 41.2 Å². The minimum Gasteiger partial charge on any atom is -0.376 e. The highest BCUT2D eigenvalue weighted by Gasteiger charge is 2.24. The summed E-state index contributed by atoms with van der Waals surface area (Å²) in [5.41, 5.74) is 2.77. The summed E-state index contributed by atoms with van der Waals surface area (Å²) in [6.45, 7) is 4.90. The number of hydrogen-bond acceptors (Lipinski definition) is 6. The first-order valence-corrected chi connectivity index (χ1v) is 12.9. The van der Waals surface area contributed by atoms with Crippen LogP contribution < -0.4 is 16.1 Å². The average Bonchev–Trinajstić information content (AvgIpc) is 3.65. The quantitative estimate of drug-likeness (QED) is 0.416. The van der Waals surface area contributed by atoms with E-state index in [2.05, 4.69) is 15.5 Å². The minimum atomic E-state index is -0.343. The smallest absolute Gasteiger partial charge is 0.259 e. The number of nitrogens with one attached hydrogen (secondary N) is 2. The Hall–Kier alpha value is -3.43. The second-order valence-corrected chi connectivity index (χ2v) is 9.80. The van der Waals surface area contributed by atoms with Crippen molar-refractivity contribution in [3.8, 4) is 0 Å². The zero-order chi connectivity index (χ0) is 24.6. The van der Waals surface area contributed by atoms with Gasteiger partial charge in [-0.25, -0.2) is 4.98 Å². The number of amides is 1. The largest absolute Gasteiger partial charge is 0.376 e. The summed E-state index contributed by atoms with van der Waals surface area (Å²) >= 11 is 0. The molecule has 36 heavy (non-hydrogen) atoms. The molecule has 1 aromatic carbocycles. The van der Waals surface area contributed by atoms with E-state index >= 15 is 0 Å². The van der Waals surface area contributed by atoms with Crippen molar-refractivity contribution in [2.24, 2.45) is 7.05 Å². The topological polar surface area (TPSA) is 92.9 Å². The summed E-state index contributed by atoms with van der Waals surface area (Å²) in [6, 6.07) is 11.5. The van der Waals surface area contributed by atoms with Gasteiger partial charge in [0.05, 0.1) is 22.5 Å². The van der Waals surface area contributed by atoms with E-state index in [4.69, 9.17) is 9.72 Å². The molecule has 188 valence electrons. The maximum Gasteiger partial charge on any atom is 0.259 e. The van der Waals surface area contributed by atoms with Crippen molar-refractivity contribution in [1.82, 2.24) is 24.2 Å². The Labute approximate surface area is 209 Å². The van der Waals surface area contributed by atoms with E-state index in [0.29, 0.717) is 35.6 Å². The number of rotatable bonds is 7. The Morgan fingerprint density at radius 3 is 2.69 bits per heavy atom. The molecular formula is C27H32N6O3. The van der Waals surface area contributed by atoms with Crippen LogP contribution in [0, 0.1) is 0 Å². The van der Waals surface area contributed by atoms with E-state index in [0.717, 1.165) is 50.1 Å². The summed E-state index contributed by atoms with van der Waals surface area (Å²) in [7, 11) is 1.89. The molecule has 2 N–H and O–H groups in total. The van der Waals surface area contributed by atoms with E-state index < -0.39 is 0 Å². The van der Waals surface area contributed by atoms with Crippen molar-refractivity contribution in [3.63, 3.8) is 0 Å². The lowest BCUT2D eigenvalue weighted by Gasteiger charge is -2.15. The van der Waals surface area contributed by atoms with Gasteiger partial charge in [-0.1, -0.05) is 12.1 Å². The van der Waals surface area contributed by atoms with Crippen molar-refractivity contribution in [1.29, 1.82) is 0 Å². The Balaban J connectivity index is 1.44. The van der Waals surface area contributed by atoms with Gasteiger partial charge in [0, 0.05) is 33.3 Å². The molecule has 5 heterocycles. The van der Waals surface area contributed by atoms with Crippen molar-refractivity contribution in [2.45, 2.75) is 31.8 Å². The molecule has 2 saturated heterocycles. The molecule has 1 unspecified atom stereocenters. The molecule has 9 heteroatoms. The third-order valence-corrected chi connectivity index (χ3v) is 7.47. The van der Waals surface area contributed by atoms with E-state index in [1.165, 1.54) is 12.8 Å². The van der Waals surface area contributed by atoms with Crippen LogP contribution in [0.4, 0.5) is 5.82 Å². The molecule has 0 bridgehead atoms. The lowest BCUT2D eigenvalue weighted by Crippen LogP contribution is -2.36. The molecule has 6 rings (SSSR count). The summed E-state index contributed by atoms with van der Waals surface area (Å²) in [5, 5.41) is 6.80. The maximum atomic E-state index is 13.7. The highest BCUT2D eigenvalue weighted by molar-refractivity contribution is 6.05. The van der Waals surface area contributed by atoms with E-state index in [1.807, 2.05) is 46.3 Å². The number of carbonyl (C=O) groups excluding carboxylic acids is 1. The van der Waals surface area contributed by atoms with Gasteiger partial charge in [-0.05, 0) is 63.0 Å². The summed E-state index contributed by atoms with van der Waals surface area (Å²) in [5.74, 6) is 0.340. The summed E-state index contributed by atoms with van der Waals surface area (Å²) < 4.78 is 9.58. The predicted molar refractivity (Wildman–Crippen MR) is 141 cm³/mol. The fraction of sp³-hybridized carbons (Fsp3) is 0.444. The summed E-state index contributed by atoms with van der Waals surface area (Å²) in [6.07, 6.45) is 4.69. The Morgan fingerprint density at radius 2 is 1.92 bits per heavy atom. The van der Waals surface area contributed by atoms with Crippen molar-refractivity contribution in [3.05, 3.63) is 52.2 Å². The molecule has 0 aliphatic carbocycles. The molecule has 4 aromatic rings. The fourth-order valence-corrected chi connectivity index (χ4v) is 5.59. The third-order valence-electron chi connectivity index (χ3n) is 7.47. The third kappa shape index (κ3) is 4.02. The van der Waals surface area contributed by atoms with Gasteiger partial charge in [0.2, 0.25) is 5.43 Å². The number of likely N-dealkylation sites (tertiary alicyclic amines) is 1. The monoisotopic (exact) mass is 488 g/mol. The van der Waals surface area contributed by atoms with Crippen LogP contribution in [0.25, 0.3) is 27.7 Å². The van der Waals surface area contributed by atoms with Gasteiger partial charge >= 0.3 is 0 Å². The van der Waals surface area contributed by atoms with Gasteiger partial charge in [-0.3, -0.25) is 14.0 Å². The molecule has 2 aliphatic rings. The molecule has 1 atom stereocenters.